The maximum atomic E-state index is 11.9. The molecule has 0 aromatic heterocycles. The van der Waals surface area contributed by atoms with E-state index in [0.717, 1.165) is 0 Å². The largest absolute Gasteiger partial charge is 0.861 e. The van der Waals surface area contributed by atoms with Crippen LogP contribution in [0.3, 0.4) is 0 Å². The molecule has 0 radical (unpaired) electrons. The Kier molecular flexibility index (Phi) is 8.14. The molecule has 0 spiro atoms. The number of carbonyl (C=O) groups excluding carboxylic acids is 3. The number of hydrogen-bond acceptors (Lipinski definition) is 5. The van der Waals surface area contributed by atoms with Crippen molar-refractivity contribution in [3.05, 3.63) is 0 Å². The molecule has 0 heterocycles. The summed E-state index contributed by atoms with van der Waals surface area (Å²) in [7, 11) is 1.34. The van der Waals surface area contributed by atoms with E-state index >= 15 is 0 Å². The van der Waals surface area contributed by atoms with Gasteiger partial charge in [-0.1, -0.05) is 13.8 Å². The first-order valence-electron chi connectivity index (χ1n) is 7.14. The molecule has 22 heavy (non-hydrogen) atoms. The van der Waals surface area contributed by atoms with Crippen molar-refractivity contribution < 1.29 is 19.5 Å². The molecule has 3 N–H and O–H groups in total. The number of amides is 3. The summed E-state index contributed by atoms with van der Waals surface area (Å²) >= 11 is 0. The zero-order chi connectivity index (χ0) is 17.4. The Labute approximate surface area is 130 Å². The highest BCUT2D eigenvalue weighted by molar-refractivity contribution is 5.93. The van der Waals surface area contributed by atoms with Crippen LogP contribution in [0.2, 0.25) is 0 Å². The number of nitrogens with one attached hydrogen (secondary N) is 3. The molecule has 0 fully saturated rings. The number of nitrogens with zero attached hydrogens (tertiary/aromatic N) is 1. The average Bonchev–Trinajstić information content (AvgIpc) is 2.45. The Morgan fingerprint density at radius 1 is 0.773 bits per heavy atom. The zero-order valence-corrected chi connectivity index (χ0v) is 13.9. The summed E-state index contributed by atoms with van der Waals surface area (Å²) in [5.74, 6) is -1.91. The van der Waals surface area contributed by atoms with Crippen molar-refractivity contribution in [2.45, 2.75) is 52.7 Å². The molecular weight excluding hydrogens is 288 g/mol. The summed E-state index contributed by atoms with van der Waals surface area (Å²) in [6.45, 7) is 7.96. The topological polar surface area (TPSA) is 123 Å². The molecule has 0 bridgehead atoms. The van der Waals surface area contributed by atoms with Crippen LogP contribution in [0.25, 0.3) is 0 Å². The van der Waals surface area contributed by atoms with Gasteiger partial charge >= 0.3 is 0 Å². The van der Waals surface area contributed by atoms with Crippen LogP contribution in [0.5, 0.6) is 0 Å². The van der Waals surface area contributed by atoms with Gasteiger partial charge in [0.2, 0.25) is 17.7 Å². The summed E-state index contributed by atoms with van der Waals surface area (Å²) in [6.07, 6.45) is 0. The Morgan fingerprint density at radius 2 is 1.14 bits per heavy atom. The molecule has 3 atom stereocenters. The van der Waals surface area contributed by atoms with E-state index in [-0.39, 0.29) is 11.8 Å². The van der Waals surface area contributed by atoms with Gasteiger partial charge in [0.05, 0.1) is 6.04 Å². The van der Waals surface area contributed by atoms with E-state index in [1.54, 1.807) is 13.8 Å². The molecule has 0 rings (SSSR count). The third kappa shape index (κ3) is 6.55. The van der Waals surface area contributed by atoms with Crippen molar-refractivity contribution in [3.8, 4) is 0 Å². The lowest BCUT2D eigenvalue weighted by Gasteiger charge is -2.23. The fourth-order valence-corrected chi connectivity index (χ4v) is 1.44. The van der Waals surface area contributed by atoms with Crippen LogP contribution in [0.1, 0.15) is 34.6 Å². The highest BCUT2D eigenvalue weighted by Crippen LogP contribution is 1.94. The highest BCUT2D eigenvalue weighted by atomic mass is 16.3. The van der Waals surface area contributed by atoms with Crippen molar-refractivity contribution in [2.24, 2.45) is 10.9 Å². The van der Waals surface area contributed by atoms with Gasteiger partial charge in [-0.3, -0.25) is 14.4 Å². The number of rotatable bonds is 7. The lowest BCUT2D eigenvalue weighted by Crippen LogP contribution is -2.54. The quantitative estimate of drug-likeness (QED) is 0.393. The molecule has 0 saturated heterocycles. The summed E-state index contributed by atoms with van der Waals surface area (Å²) in [5.41, 5.74) is 0. The molecular formula is C14H25N4O4-. The van der Waals surface area contributed by atoms with E-state index in [1.165, 1.54) is 27.8 Å². The van der Waals surface area contributed by atoms with Gasteiger partial charge in [-0.25, -0.2) is 0 Å². The fourth-order valence-electron chi connectivity index (χ4n) is 1.44. The van der Waals surface area contributed by atoms with Crippen molar-refractivity contribution in [1.82, 2.24) is 16.0 Å². The van der Waals surface area contributed by atoms with Gasteiger partial charge in [-0.05, 0) is 26.7 Å². The second kappa shape index (κ2) is 9.01. The molecule has 0 unspecified atom stereocenters. The molecule has 126 valence electrons. The molecule has 0 aliphatic rings. The van der Waals surface area contributed by atoms with Crippen molar-refractivity contribution in [2.75, 3.05) is 7.05 Å². The van der Waals surface area contributed by atoms with E-state index in [9.17, 15) is 19.5 Å². The molecule has 0 aliphatic heterocycles. The van der Waals surface area contributed by atoms with E-state index in [2.05, 4.69) is 20.9 Å². The molecule has 8 heteroatoms. The predicted octanol–water partition coefficient (Wildman–Crippen LogP) is -1.45. The lowest BCUT2D eigenvalue weighted by atomic mass is 10.2. The maximum absolute atomic E-state index is 11.9. The van der Waals surface area contributed by atoms with Crippen molar-refractivity contribution in [3.63, 3.8) is 0 Å². The minimum absolute atomic E-state index is 0.236. The Hall–Kier alpha value is -2.12. The Bertz CT molecular complexity index is 448. The molecule has 3 amide bonds. The smallest absolute Gasteiger partial charge is 0.242 e. The first-order chi connectivity index (χ1) is 10.1. The molecule has 0 aliphatic carbocycles. The first kappa shape index (κ1) is 19.9. The zero-order valence-electron chi connectivity index (χ0n) is 13.9. The van der Waals surface area contributed by atoms with Gasteiger partial charge < -0.3 is 26.0 Å². The van der Waals surface area contributed by atoms with Crippen LogP contribution in [-0.2, 0) is 14.4 Å². The molecule has 8 nitrogen and oxygen atoms in total. The van der Waals surface area contributed by atoms with E-state index < -0.39 is 35.8 Å². The van der Waals surface area contributed by atoms with Gasteiger partial charge in [0.1, 0.15) is 12.1 Å². The fraction of sp³-hybridized carbons (Fsp3) is 0.714. The minimum Gasteiger partial charge on any atom is -0.861 e. The van der Waals surface area contributed by atoms with Gasteiger partial charge in [0, 0.05) is 13.0 Å². The third-order valence-corrected chi connectivity index (χ3v) is 2.98. The van der Waals surface area contributed by atoms with Gasteiger partial charge in [0.15, 0.2) is 0 Å². The Morgan fingerprint density at radius 3 is 1.50 bits per heavy atom. The van der Waals surface area contributed by atoms with Crippen molar-refractivity contribution in [1.29, 1.82) is 0 Å². The number of aliphatic imine (C=N–C) groups is 1. The van der Waals surface area contributed by atoms with Gasteiger partial charge in [0.25, 0.3) is 0 Å². The molecule has 0 aromatic rings. The van der Waals surface area contributed by atoms with Crippen LogP contribution < -0.4 is 21.1 Å². The van der Waals surface area contributed by atoms with Crippen LogP contribution in [0, 0.1) is 5.92 Å². The molecule has 0 saturated carbocycles. The second-order valence-corrected chi connectivity index (χ2v) is 5.41. The predicted molar refractivity (Wildman–Crippen MR) is 81.0 cm³/mol. The number of carbonyl (C=O) groups is 3. The maximum Gasteiger partial charge on any atom is 0.242 e. The standard InChI is InChI=1S/C14H26N4O4/c1-7(2)11(19)16-9(4)13(21)18-10(5)14(22)17-8(3)12(20)15-6/h7-10H,1-6H3,(H,15,20)(H,16,19)(H,17,22)(H,18,21)/p-1/t8-,9-,10-/m0/s1. The summed E-state index contributed by atoms with van der Waals surface area (Å²) in [4.78, 5) is 38.7. The second-order valence-electron chi connectivity index (χ2n) is 5.41. The highest BCUT2D eigenvalue weighted by Gasteiger charge is 2.22. The SMILES string of the molecule is CN=C([O-])[C@H](C)NC(=O)[C@H](C)NC(=O)[C@H](C)NC(=O)C(C)C. The normalized spacial score (nSPS) is 15.7. The summed E-state index contributed by atoms with van der Waals surface area (Å²) in [5, 5.41) is 18.7. The first-order valence-corrected chi connectivity index (χ1v) is 7.14. The monoisotopic (exact) mass is 313 g/mol. The van der Waals surface area contributed by atoms with E-state index in [1.807, 2.05) is 0 Å². The summed E-state index contributed by atoms with van der Waals surface area (Å²) < 4.78 is 0. The minimum atomic E-state index is -0.835. The van der Waals surface area contributed by atoms with Crippen LogP contribution in [-0.4, -0.2) is 48.8 Å². The van der Waals surface area contributed by atoms with Gasteiger partial charge in [-0.2, -0.15) is 0 Å². The van der Waals surface area contributed by atoms with Crippen LogP contribution >= 0.6 is 0 Å². The summed E-state index contributed by atoms with van der Waals surface area (Å²) in [6, 6.07) is -2.34. The number of hydrogen-bond donors (Lipinski definition) is 3. The third-order valence-electron chi connectivity index (χ3n) is 2.98. The van der Waals surface area contributed by atoms with Crippen molar-refractivity contribution >= 4 is 23.6 Å². The molecule has 0 aromatic carbocycles. The van der Waals surface area contributed by atoms with Gasteiger partial charge in [-0.15, -0.1) is 0 Å². The van der Waals surface area contributed by atoms with E-state index in [0.29, 0.717) is 0 Å². The lowest BCUT2D eigenvalue weighted by molar-refractivity contribution is -0.221. The Balaban J connectivity index is 4.46. The van der Waals surface area contributed by atoms with E-state index in [4.69, 9.17) is 0 Å². The van der Waals surface area contributed by atoms with Crippen LogP contribution in [0.15, 0.2) is 4.99 Å². The average molecular weight is 313 g/mol. The van der Waals surface area contributed by atoms with Crippen LogP contribution in [0.4, 0.5) is 0 Å².